The normalized spacial score (nSPS) is 19.2. The van der Waals surface area contributed by atoms with Crippen LogP contribution in [0.3, 0.4) is 0 Å². The molecule has 0 aliphatic carbocycles. The minimum Gasteiger partial charge on any atom is -0.444 e. The highest BCUT2D eigenvalue weighted by atomic mass is 16.6. The monoisotopic (exact) mass is 420 g/mol. The van der Waals surface area contributed by atoms with Gasteiger partial charge in [0.1, 0.15) is 11.6 Å². The fourth-order valence-corrected chi connectivity index (χ4v) is 2.97. The van der Waals surface area contributed by atoms with Crippen molar-refractivity contribution < 1.29 is 24.1 Å². The summed E-state index contributed by atoms with van der Waals surface area (Å²) in [5.41, 5.74) is 9.08. The van der Waals surface area contributed by atoms with Crippen LogP contribution in [0.5, 0.6) is 0 Å². The number of nitrogens with two attached hydrogens (primary N) is 1. The lowest BCUT2D eigenvalue weighted by molar-refractivity contribution is -0.479. The summed E-state index contributed by atoms with van der Waals surface area (Å²) in [5, 5.41) is 10.8. The van der Waals surface area contributed by atoms with E-state index in [1.807, 2.05) is 30.3 Å². The number of hydroxylamine groups is 1. The van der Waals surface area contributed by atoms with E-state index in [0.717, 1.165) is 5.56 Å². The Morgan fingerprint density at radius 1 is 1.30 bits per heavy atom. The number of carbonyl (C=O) groups is 2. The molecule has 3 N–H and O–H groups in total. The summed E-state index contributed by atoms with van der Waals surface area (Å²) in [6, 6.07) is 7.81. The lowest BCUT2D eigenvalue weighted by Crippen LogP contribution is -2.57. The van der Waals surface area contributed by atoms with Gasteiger partial charge in [0.25, 0.3) is 0 Å². The highest BCUT2D eigenvalue weighted by molar-refractivity contribution is 5.87. The highest BCUT2D eigenvalue weighted by Crippen LogP contribution is 2.23. The summed E-state index contributed by atoms with van der Waals surface area (Å²) in [6.45, 7) is 5.09. The van der Waals surface area contributed by atoms with Gasteiger partial charge in [0.05, 0.1) is 12.6 Å². The molecule has 0 fully saturated rings. The van der Waals surface area contributed by atoms with Gasteiger partial charge in [-0.05, 0) is 31.9 Å². The van der Waals surface area contributed by atoms with Gasteiger partial charge in [0.15, 0.2) is 0 Å². The maximum atomic E-state index is 12.6. The van der Waals surface area contributed by atoms with E-state index in [1.54, 1.807) is 20.8 Å². The Kier molecular flexibility index (Phi) is 7.90. The molecule has 2 rings (SSSR count). The molecule has 1 aromatic carbocycles. The summed E-state index contributed by atoms with van der Waals surface area (Å²) in [4.78, 5) is 41.8. The molecule has 1 aliphatic rings. The number of nitro groups is 1. The van der Waals surface area contributed by atoms with E-state index in [4.69, 9.17) is 15.3 Å². The SMILES string of the molecule is CC(C)(C)OC(=O)N1C[C@H](NOCc2ccccc2)C(CC[N+](=O)[O-])=C[C@H]1C(N)=O. The minimum absolute atomic E-state index is 0.0147. The van der Waals surface area contributed by atoms with E-state index in [-0.39, 0.29) is 26.1 Å². The molecular formula is C20H28N4O6. The number of benzene rings is 1. The van der Waals surface area contributed by atoms with Crippen LogP contribution in [0, 0.1) is 10.1 Å². The molecule has 2 atom stereocenters. The maximum Gasteiger partial charge on any atom is 0.411 e. The largest absolute Gasteiger partial charge is 0.444 e. The van der Waals surface area contributed by atoms with Crippen molar-refractivity contribution in [2.24, 2.45) is 5.73 Å². The predicted molar refractivity (Wildman–Crippen MR) is 109 cm³/mol. The van der Waals surface area contributed by atoms with E-state index in [1.165, 1.54) is 11.0 Å². The van der Waals surface area contributed by atoms with E-state index < -0.39 is 34.6 Å². The van der Waals surface area contributed by atoms with Gasteiger partial charge >= 0.3 is 6.09 Å². The van der Waals surface area contributed by atoms with Gasteiger partial charge in [-0.3, -0.25) is 24.6 Å². The molecule has 0 unspecified atom stereocenters. The molecular weight excluding hydrogens is 392 g/mol. The number of carbonyl (C=O) groups excluding carboxylic acids is 2. The van der Waals surface area contributed by atoms with Gasteiger partial charge in [0.2, 0.25) is 12.5 Å². The number of rotatable bonds is 8. The fourth-order valence-electron chi connectivity index (χ4n) is 2.97. The average Bonchev–Trinajstić information content (AvgIpc) is 2.65. The molecule has 10 nitrogen and oxygen atoms in total. The lowest BCUT2D eigenvalue weighted by atomic mass is 9.95. The summed E-state index contributed by atoms with van der Waals surface area (Å²) < 4.78 is 5.39. The zero-order valence-corrected chi connectivity index (χ0v) is 17.4. The Bertz CT molecular complexity index is 790. The Morgan fingerprint density at radius 3 is 2.53 bits per heavy atom. The van der Waals surface area contributed by atoms with Gasteiger partial charge < -0.3 is 10.5 Å². The number of hydrogen-bond acceptors (Lipinski definition) is 7. The summed E-state index contributed by atoms with van der Waals surface area (Å²) in [5.74, 6) is -0.747. The quantitative estimate of drug-likeness (QED) is 0.371. The molecule has 1 aliphatic heterocycles. The minimum atomic E-state index is -1.06. The van der Waals surface area contributed by atoms with Crippen LogP contribution in [0.15, 0.2) is 42.0 Å². The second-order valence-electron chi connectivity index (χ2n) is 7.97. The molecule has 0 bridgehead atoms. The van der Waals surface area contributed by atoms with Crippen molar-refractivity contribution in [1.82, 2.24) is 10.4 Å². The first kappa shape index (κ1) is 23.3. The van der Waals surface area contributed by atoms with Crippen LogP contribution in [0.25, 0.3) is 0 Å². The van der Waals surface area contributed by atoms with Crippen LogP contribution in [-0.2, 0) is 21.0 Å². The molecule has 2 amide bonds. The van der Waals surface area contributed by atoms with E-state index in [9.17, 15) is 19.7 Å². The summed E-state index contributed by atoms with van der Waals surface area (Å²) in [6.07, 6.45) is 0.861. The van der Waals surface area contributed by atoms with E-state index >= 15 is 0 Å². The van der Waals surface area contributed by atoms with Crippen molar-refractivity contribution in [1.29, 1.82) is 0 Å². The van der Waals surface area contributed by atoms with Gasteiger partial charge in [0, 0.05) is 17.9 Å². The number of primary amides is 1. The second-order valence-corrected chi connectivity index (χ2v) is 7.97. The van der Waals surface area contributed by atoms with Gasteiger partial charge in [-0.1, -0.05) is 36.4 Å². The molecule has 164 valence electrons. The highest BCUT2D eigenvalue weighted by Gasteiger charge is 2.37. The smallest absolute Gasteiger partial charge is 0.411 e. The molecule has 0 saturated carbocycles. The Labute approximate surface area is 175 Å². The van der Waals surface area contributed by atoms with Crippen molar-refractivity contribution in [3.8, 4) is 0 Å². The van der Waals surface area contributed by atoms with Crippen molar-refractivity contribution in [2.45, 2.75) is 51.5 Å². The number of nitrogens with zero attached hydrogens (tertiary/aromatic N) is 2. The summed E-state index contributed by atoms with van der Waals surface area (Å²) >= 11 is 0. The van der Waals surface area contributed by atoms with Crippen LogP contribution >= 0.6 is 0 Å². The van der Waals surface area contributed by atoms with Crippen molar-refractivity contribution >= 4 is 12.0 Å². The van der Waals surface area contributed by atoms with Gasteiger partial charge in [-0.25, -0.2) is 4.79 Å². The van der Waals surface area contributed by atoms with Crippen LogP contribution in [0.4, 0.5) is 4.79 Å². The zero-order chi connectivity index (χ0) is 22.3. The molecule has 30 heavy (non-hydrogen) atoms. The van der Waals surface area contributed by atoms with Crippen LogP contribution in [-0.4, -0.2) is 52.6 Å². The van der Waals surface area contributed by atoms with Gasteiger partial charge in [-0.2, -0.15) is 5.48 Å². The molecule has 1 aromatic rings. The van der Waals surface area contributed by atoms with Crippen LogP contribution < -0.4 is 11.2 Å². The molecule has 10 heteroatoms. The van der Waals surface area contributed by atoms with Crippen molar-refractivity contribution in [2.75, 3.05) is 13.1 Å². The molecule has 1 heterocycles. The Hall–Kier alpha value is -2.98. The van der Waals surface area contributed by atoms with Crippen LogP contribution in [0.1, 0.15) is 32.8 Å². The molecule has 0 radical (unpaired) electrons. The predicted octanol–water partition coefficient (Wildman–Crippen LogP) is 1.77. The molecule has 0 saturated heterocycles. The van der Waals surface area contributed by atoms with E-state index in [0.29, 0.717) is 5.57 Å². The molecule has 0 spiro atoms. The Morgan fingerprint density at radius 2 is 1.97 bits per heavy atom. The third-order valence-electron chi connectivity index (χ3n) is 4.34. The van der Waals surface area contributed by atoms with E-state index in [2.05, 4.69) is 5.48 Å². The number of amides is 2. The topological polar surface area (TPSA) is 137 Å². The first-order valence-corrected chi connectivity index (χ1v) is 9.59. The van der Waals surface area contributed by atoms with Crippen molar-refractivity contribution in [3.63, 3.8) is 0 Å². The third-order valence-corrected chi connectivity index (χ3v) is 4.34. The maximum absolute atomic E-state index is 12.6. The lowest BCUT2D eigenvalue weighted by Gasteiger charge is -2.38. The standard InChI is InChI=1S/C20H28N4O6/c1-20(2,3)30-19(26)23-12-16(22-29-13-14-7-5-4-6-8-14)15(9-10-24(27)28)11-17(23)18(21)25/h4-8,11,16-17,22H,9-10,12-13H2,1-3H3,(H2,21,25)/t16-,17-/m0/s1. The first-order chi connectivity index (χ1) is 14.1. The third kappa shape index (κ3) is 7.12. The number of hydrogen-bond donors (Lipinski definition) is 2. The fraction of sp³-hybridized carbons (Fsp3) is 0.500. The number of nitrogens with one attached hydrogen (secondary N) is 1. The average molecular weight is 420 g/mol. The zero-order valence-electron chi connectivity index (χ0n) is 17.4. The second kappa shape index (κ2) is 10.2. The van der Waals surface area contributed by atoms with Crippen LogP contribution in [0.2, 0.25) is 0 Å². The van der Waals surface area contributed by atoms with Gasteiger partial charge in [-0.15, -0.1) is 0 Å². The van der Waals surface area contributed by atoms with Crippen molar-refractivity contribution in [3.05, 3.63) is 57.7 Å². The number of ether oxygens (including phenoxy) is 1. The molecule has 0 aromatic heterocycles. The first-order valence-electron chi connectivity index (χ1n) is 9.59. The summed E-state index contributed by atoms with van der Waals surface area (Å²) in [7, 11) is 0. The Balaban J connectivity index is 2.19.